The Labute approximate surface area is 150 Å². The van der Waals surface area contributed by atoms with Crippen molar-refractivity contribution in [2.24, 2.45) is 23.5 Å². The van der Waals surface area contributed by atoms with Crippen LogP contribution in [-0.2, 0) is 26.9 Å². The number of nitrogens with one attached hydrogen (secondary N) is 1. The van der Waals surface area contributed by atoms with Crippen LogP contribution in [0.15, 0.2) is 24.3 Å². The van der Waals surface area contributed by atoms with E-state index < -0.39 is 9.84 Å². The van der Waals surface area contributed by atoms with Crippen LogP contribution in [0.3, 0.4) is 0 Å². The molecule has 0 aromatic heterocycles. The van der Waals surface area contributed by atoms with Crippen molar-refractivity contribution in [2.75, 3.05) is 6.26 Å². The number of carbonyl (C=O) groups is 1. The molecule has 6 heteroatoms. The number of benzene rings is 1. The normalized spacial score (nSPS) is 29.2. The molecule has 0 heterocycles. The van der Waals surface area contributed by atoms with Crippen LogP contribution in [0, 0.1) is 17.8 Å². The monoisotopic (exact) mass is 364 g/mol. The molecule has 0 spiro atoms. The van der Waals surface area contributed by atoms with Gasteiger partial charge in [0.2, 0.25) is 5.91 Å². The van der Waals surface area contributed by atoms with Crippen molar-refractivity contribution in [3.63, 3.8) is 0 Å². The van der Waals surface area contributed by atoms with Crippen molar-refractivity contribution < 1.29 is 13.2 Å². The lowest BCUT2D eigenvalue weighted by atomic mass is 9.65. The van der Waals surface area contributed by atoms with E-state index in [0.717, 1.165) is 36.8 Å². The molecule has 0 saturated heterocycles. The van der Waals surface area contributed by atoms with E-state index >= 15 is 0 Å². The highest BCUT2D eigenvalue weighted by molar-refractivity contribution is 7.89. The molecular weight excluding hydrogens is 336 g/mol. The van der Waals surface area contributed by atoms with Gasteiger partial charge in [0.1, 0.15) is 0 Å². The Morgan fingerprint density at radius 1 is 1.12 bits per heavy atom. The van der Waals surface area contributed by atoms with E-state index in [1.165, 1.54) is 12.7 Å². The second kappa shape index (κ2) is 7.46. The molecule has 2 unspecified atom stereocenters. The summed E-state index contributed by atoms with van der Waals surface area (Å²) in [5, 5.41) is 3.04. The third kappa shape index (κ3) is 4.82. The first-order chi connectivity index (χ1) is 11.8. The minimum absolute atomic E-state index is 0.0464. The standard InChI is InChI=1S/C19H28N2O3S/c1-25(23,24)12-14-7-5-13(6-8-14)11-21-19(22)17-9-15-3-2-4-16(10-17)18(15)20/h5-8,15-18H,2-4,9-12,20H2,1H3,(H,21,22). The molecule has 2 aliphatic rings. The van der Waals surface area contributed by atoms with Gasteiger partial charge in [-0.05, 0) is 48.6 Å². The van der Waals surface area contributed by atoms with Gasteiger partial charge in [-0.3, -0.25) is 4.79 Å². The number of rotatable bonds is 5. The average molecular weight is 365 g/mol. The number of sulfone groups is 1. The van der Waals surface area contributed by atoms with E-state index in [9.17, 15) is 13.2 Å². The van der Waals surface area contributed by atoms with E-state index in [2.05, 4.69) is 5.32 Å². The molecule has 0 aliphatic heterocycles. The van der Waals surface area contributed by atoms with Gasteiger partial charge in [-0.15, -0.1) is 0 Å². The van der Waals surface area contributed by atoms with Crippen molar-refractivity contribution in [3.05, 3.63) is 35.4 Å². The Balaban J connectivity index is 1.52. The number of carbonyl (C=O) groups excluding carboxylic acids is 1. The lowest BCUT2D eigenvalue weighted by Crippen LogP contribution is -2.49. The molecule has 2 fully saturated rings. The first kappa shape index (κ1) is 18.4. The van der Waals surface area contributed by atoms with E-state index in [1.807, 2.05) is 24.3 Å². The van der Waals surface area contributed by atoms with Crippen LogP contribution in [0.5, 0.6) is 0 Å². The molecule has 1 aromatic rings. The maximum Gasteiger partial charge on any atom is 0.223 e. The zero-order valence-corrected chi connectivity index (χ0v) is 15.6. The van der Waals surface area contributed by atoms with E-state index in [1.54, 1.807) is 0 Å². The summed E-state index contributed by atoms with van der Waals surface area (Å²) in [6.07, 6.45) is 6.61. The zero-order chi connectivity index (χ0) is 18.0. The van der Waals surface area contributed by atoms with Crippen LogP contribution in [0.25, 0.3) is 0 Å². The van der Waals surface area contributed by atoms with Crippen LogP contribution >= 0.6 is 0 Å². The van der Waals surface area contributed by atoms with Crippen LogP contribution in [-0.4, -0.2) is 26.6 Å². The highest BCUT2D eigenvalue weighted by Crippen LogP contribution is 2.41. The SMILES string of the molecule is CS(=O)(=O)Cc1ccc(CNC(=O)C2CC3CCCC(C2)C3N)cc1. The minimum atomic E-state index is -3.02. The number of hydrogen-bond donors (Lipinski definition) is 2. The van der Waals surface area contributed by atoms with Crippen molar-refractivity contribution in [2.45, 2.75) is 50.4 Å². The quantitative estimate of drug-likeness (QED) is 0.836. The Bertz CT molecular complexity index is 701. The number of fused-ring (bicyclic) bond motifs is 2. The van der Waals surface area contributed by atoms with Gasteiger partial charge in [-0.2, -0.15) is 0 Å². The molecule has 2 atom stereocenters. The number of amides is 1. The summed E-state index contributed by atoms with van der Waals surface area (Å²) in [5.41, 5.74) is 8.05. The lowest BCUT2D eigenvalue weighted by Gasteiger charge is -2.43. The largest absolute Gasteiger partial charge is 0.352 e. The first-order valence-electron chi connectivity index (χ1n) is 9.10. The van der Waals surface area contributed by atoms with Gasteiger partial charge in [0.25, 0.3) is 0 Å². The summed E-state index contributed by atoms with van der Waals surface area (Å²) in [5.74, 6) is 1.26. The fourth-order valence-electron chi connectivity index (χ4n) is 4.39. The molecule has 138 valence electrons. The highest BCUT2D eigenvalue weighted by atomic mass is 32.2. The third-order valence-corrected chi connectivity index (χ3v) is 6.56. The van der Waals surface area contributed by atoms with Crippen molar-refractivity contribution >= 4 is 15.7 Å². The Hall–Kier alpha value is -1.40. The van der Waals surface area contributed by atoms with Gasteiger partial charge >= 0.3 is 0 Å². The Kier molecular flexibility index (Phi) is 5.49. The van der Waals surface area contributed by atoms with Gasteiger partial charge in [0.15, 0.2) is 9.84 Å². The average Bonchev–Trinajstić information content (AvgIpc) is 2.52. The Morgan fingerprint density at radius 2 is 1.68 bits per heavy atom. The van der Waals surface area contributed by atoms with Crippen LogP contribution in [0.1, 0.15) is 43.2 Å². The molecule has 2 bridgehead atoms. The van der Waals surface area contributed by atoms with Crippen molar-refractivity contribution in [1.29, 1.82) is 0 Å². The van der Waals surface area contributed by atoms with Gasteiger partial charge in [-0.1, -0.05) is 30.7 Å². The smallest absolute Gasteiger partial charge is 0.223 e. The lowest BCUT2D eigenvalue weighted by molar-refractivity contribution is -0.128. The minimum Gasteiger partial charge on any atom is -0.352 e. The molecule has 3 N–H and O–H groups in total. The maximum absolute atomic E-state index is 12.5. The van der Waals surface area contributed by atoms with Gasteiger partial charge in [0.05, 0.1) is 5.75 Å². The molecular formula is C19H28N2O3S. The molecule has 3 rings (SSSR count). The molecule has 0 radical (unpaired) electrons. The van der Waals surface area contributed by atoms with Gasteiger partial charge in [0, 0.05) is 24.8 Å². The predicted molar refractivity (Wildman–Crippen MR) is 98.4 cm³/mol. The Morgan fingerprint density at radius 3 is 2.24 bits per heavy atom. The second-order valence-electron chi connectivity index (χ2n) is 7.80. The second-order valence-corrected chi connectivity index (χ2v) is 9.94. The molecule has 2 saturated carbocycles. The van der Waals surface area contributed by atoms with Crippen LogP contribution < -0.4 is 11.1 Å². The van der Waals surface area contributed by atoms with Gasteiger partial charge < -0.3 is 11.1 Å². The number of hydrogen-bond acceptors (Lipinski definition) is 4. The van der Waals surface area contributed by atoms with E-state index in [4.69, 9.17) is 5.73 Å². The molecule has 1 amide bonds. The summed E-state index contributed by atoms with van der Waals surface area (Å²) < 4.78 is 22.6. The highest BCUT2D eigenvalue weighted by Gasteiger charge is 2.40. The molecule has 25 heavy (non-hydrogen) atoms. The fourth-order valence-corrected chi connectivity index (χ4v) is 5.19. The third-order valence-electron chi connectivity index (χ3n) is 5.70. The summed E-state index contributed by atoms with van der Waals surface area (Å²) >= 11 is 0. The van der Waals surface area contributed by atoms with E-state index in [0.29, 0.717) is 18.4 Å². The first-order valence-corrected chi connectivity index (χ1v) is 11.2. The summed E-state index contributed by atoms with van der Waals surface area (Å²) in [4.78, 5) is 12.5. The van der Waals surface area contributed by atoms with Gasteiger partial charge in [-0.25, -0.2) is 8.42 Å². The fraction of sp³-hybridized carbons (Fsp3) is 0.632. The van der Waals surface area contributed by atoms with Crippen LogP contribution in [0.2, 0.25) is 0 Å². The maximum atomic E-state index is 12.5. The zero-order valence-electron chi connectivity index (χ0n) is 14.8. The predicted octanol–water partition coefficient (Wildman–Crippen LogP) is 2.00. The molecule has 1 aromatic carbocycles. The summed E-state index contributed by atoms with van der Waals surface area (Å²) in [7, 11) is -3.02. The summed E-state index contributed by atoms with van der Waals surface area (Å²) in [6, 6.07) is 7.66. The molecule has 2 aliphatic carbocycles. The van der Waals surface area contributed by atoms with Crippen LogP contribution in [0.4, 0.5) is 0 Å². The van der Waals surface area contributed by atoms with Crippen molar-refractivity contribution in [1.82, 2.24) is 5.32 Å². The molecule has 5 nitrogen and oxygen atoms in total. The topological polar surface area (TPSA) is 89.3 Å². The number of nitrogens with two attached hydrogens (primary N) is 1. The van der Waals surface area contributed by atoms with Crippen molar-refractivity contribution in [3.8, 4) is 0 Å². The van der Waals surface area contributed by atoms with E-state index in [-0.39, 0.29) is 23.6 Å². The summed E-state index contributed by atoms with van der Waals surface area (Å²) in [6.45, 7) is 0.482.